The van der Waals surface area contributed by atoms with Crippen LogP contribution in [0.25, 0.3) is 0 Å². The van der Waals surface area contributed by atoms with Crippen molar-refractivity contribution in [2.24, 2.45) is 23.7 Å². The highest BCUT2D eigenvalue weighted by atomic mass is 35.5. The minimum atomic E-state index is -1.24. The third-order valence-corrected chi connectivity index (χ3v) is 10.1. The van der Waals surface area contributed by atoms with E-state index in [0.717, 1.165) is 24.8 Å². The van der Waals surface area contributed by atoms with Crippen molar-refractivity contribution in [3.8, 4) is 11.5 Å². The fourth-order valence-electron chi connectivity index (χ4n) is 7.48. The van der Waals surface area contributed by atoms with Crippen LogP contribution < -0.4 is 20.1 Å². The number of fused-ring (bicyclic) bond motifs is 2. The third-order valence-electron chi connectivity index (χ3n) is 9.86. The van der Waals surface area contributed by atoms with E-state index < -0.39 is 29.6 Å². The Morgan fingerprint density at radius 1 is 1.05 bits per heavy atom. The Morgan fingerprint density at radius 3 is 2.64 bits per heavy atom. The molecule has 1 saturated carbocycles. The minimum Gasteiger partial charge on any atom is -0.454 e. The Bertz CT molecular complexity index is 1460. The predicted octanol–water partition coefficient (Wildman–Crippen LogP) is 4.30. The Morgan fingerprint density at radius 2 is 1.83 bits per heavy atom. The first-order valence-electron chi connectivity index (χ1n) is 14.7. The SMILES string of the molecule is C[C@H]1[C@H](C)CCC[C@@H]1NC(=O)[C@@H]1N(Cc2ccc3c(c2)OCO3)C(=O)[C@@H]2[C@H](C(=O)Nc3ccc(Cl)cc3)[C@@H]3C=C[C@]21O3. The molecule has 4 heterocycles. The van der Waals surface area contributed by atoms with Crippen molar-refractivity contribution in [3.05, 3.63) is 65.2 Å². The largest absolute Gasteiger partial charge is 0.454 e. The topological polar surface area (TPSA) is 106 Å². The molecule has 1 aliphatic carbocycles. The first kappa shape index (κ1) is 27.3. The highest BCUT2D eigenvalue weighted by Gasteiger charge is 2.72. The van der Waals surface area contributed by atoms with Crippen LogP contribution in [0.1, 0.15) is 38.7 Å². The number of halogens is 1. The van der Waals surface area contributed by atoms with Crippen LogP contribution in [-0.2, 0) is 25.7 Å². The molecular formula is C32H34ClN3O6. The molecule has 2 aromatic rings. The quantitative estimate of drug-likeness (QED) is 0.485. The smallest absolute Gasteiger partial charge is 0.246 e. The Balaban J connectivity index is 1.21. The molecule has 0 aromatic heterocycles. The van der Waals surface area contributed by atoms with E-state index in [0.29, 0.717) is 34.0 Å². The maximum absolute atomic E-state index is 14.3. The first-order chi connectivity index (χ1) is 20.2. The van der Waals surface area contributed by atoms with Crippen LogP contribution in [0.5, 0.6) is 11.5 Å². The second-order valence-corrected chi connectivity index (χ2v) is 12.7. The van der Waals surface area contributed by atoms with Crippen LogP contribution in [0.3, 0.4) is 0 Å². The number of hydrogen-bond acceptors (Lipinski definition) is 6. The van der Waals surface area contributed by atoms with Gasteiger partial charge in [0.2, 0.25) is 24.5 Å². The first-order valence-corrected chi connectivity index (χ1v) is 15.1. The van der Waals surface area contributed by atoms with Crippen LogP contribution >= 0.6 is 11.6 Å². The number of likely N-dealkylation sites (tertiary alicyclic amines) is 1. The van der Waals surface area contributed by atoms with Crippen LogP contribution in [-0.4, -0.2) is 53.2 Å². The van der Waals surface area contributed by atoms with Gasteiger partial charge in [0, 0.05) is 23.3 Å². The van der Waals surface area contributed by atoms with E-state index >= 15 is 0 Å². The van der Waals surface area contributed by atoms with Crippen LogP contribution in [0.2, 0.25) is 5.02 Å². The van der Waals surface area contributed by atoms with Crippen molar-refractivity contribution in [1.82, 2.24) is 10.2 Å². The lowest BCUT2D eigenvalue weighted by atomic mass is 9.73. The monoisotopic (exact) mass is 591 g/mol. The number of benzene rings is 2. The number of nitrogens with one attached hydrogen (secondary N) is 2. The van der Waals surface area contributed by atoms with Gasteiger partial charge in [-0.2, -0.15) is 0 Å². The molecule has 42 heavy (non-hydrogen) atoms. The van der Waals surface area contributed by atoms with Gasteiger partial charge in [0.25, 0.3) is 0 Å². The van der Waals surface area contributed by atoms with Gasteiger partial charge >= 0.3 is 0 Å². The van der Waals surface area contributed by atoms with Gasteiger partial charge in [-0.3, -0.25) is 14.4 Å². The number of hydrogen-bond donors (Lipinski definition) is 2. The molecule has 8 atom stereocenters. The lowest BCUT2D eigenvalue weighted by Crippen LogP contribution is -2.57. The van der Waals surface area contributed by atoms with Crippen molar-refractivity contribution in [1.29, 1.82) is 0 Å². The predicted molar refractivity (Wildman–Crippen MR) is 155 cm³/mol. The van der Waals surface area contributed by atoms with Gasteiger partial charge < -0.3 is 29.7 Å². The summed E-state index contributed by atoms with van der Waals surface area (Å²) < 4.78 is 17.5. The number of ether oxygens (including phenoxy) is 3. The summed E-state index contributed by atoms with van der Waals surface area (Å²) >= 11 is 6.02. The Hall–Kier alpha value is -3.56. The summed E-state index contributed by atoms with van der Waals surface area (Å²) in [4.78, 5) is 43.8. The number of carbonyl (C=O) groups is 3. The van der Waals surface area contributed by atoms with Gasteiger partial charge in [-0.1, -0.05) is 56.5 Å². The maximum atomic E-state index is 14.3. The van der Waals surface area contributed by atoms with Crippen molar-refractivity contribution in [2.45, 2.75) is 63.4 Å². The van der Waals surface area contributed by atoms with Crippen molar-refractivity contribution in [3.63, 3.8) is 0 Å². The summed E-state index contributed by atoms with van der Waals surface area (Å²) in [7, 11) is 0. The molecule has 5 aliphatic rings. The van der Waals surface area contributed by atoms with Gasteiger partial charge in [0.05, 0.1) is 17.9 Å². The molecule has 4 aliphatic heterocycles. The normalized spacial score (nSPS) is 34.0. The van der Waals surface area contributed by atoms with Gasteiger partial charge in [0.1, 0.15) is 11.6 Å². The van der Waals surface area contributed by atoms with E-state index in [-0.39, 0.29) is 37.1 Å². The van der Waals surface area contributed by atoms with Gasteiger partial charge in [-0.25, -0.2) is 0 Å². The van der Waals surface area contributed by atoms with Crippen molar-refractivity contribution >= 4 is 35.0 Å². The number of carbonyl (C=O) groups excluding carboxylic acids is 3. The standard InChI is InChI=1S/C32H34ClN3O6/c1-17-4-3-5-22(18(17)2)35-30(38)28-32-13-12-24(42-32)26(29(37)34-21-9-7-20(33)8-10-21)27(32)31(39)36(28)15-19-6-11-23-25(14-19)41-16-40-23/h6-14,17-18,22,24,26-28H,3-5,15-16H2,1-2H3,(H,34,37)(H,35,38)/t17-,18+,22+,24+,26-,27+,28+,32+/m1/s1. The van der Waals surface area contributed by atoms with Crippen molar-refractivity contribution < 1.29 is 28.6 Å². The fourth-order valence-corrected chi connectivity index (χ4v) is 7.61. The minimum absolute atomic E-state index is 0.00535. The summed E-state index contributed by atoms with van der Waals surface area (Å²) in [5.41, 5.74) is 0.123. The lowest BCUT2D eigenvalue weighted by molar-refractivity contribution is -0.142. The number of nitrogens with zero attached hydrogens (tertiary/aromatic N) is 1. The summed E-state index contributed by atoms with van der Waals surface area (Å²) in [5.74, 6) is -0.445. The number of amides is 3. The van der Waals surface area contributed by atoms with E-state index in [1.54, 1.807) is 29.2 Å². The molecule has 2 saturated heterocycles. The zero-order chi connectivity index (χ0) is 29.2. The second-order valence-electron chi connectivity index (χ2n) is 12.2. The molecule has 220 valence electrons. The molecule has 0 unspecified atom stereocenters. The molecule has 3 fully saturated rings. The summed E-state index contributed by atoms with van der Waals surface area (Å²) in [6, 6.07) is 11.4. The maximum Gasteiger partial charge on any atom is 0.246 e. The zero-order valence-corrected chi connectivity index (χ0v) is 24.3. The lowest BCUT2D eigenvalue weighted by Gasteiger charge is -2.38. The van der Waals surface area contributed by atoms with Gasteiger partial charge in [-0.05, 0) is 60.2 Å². The second kappa shape index (κ2) is 10.3. The zero-order valence-electron chi connectivity index (χ0n) is 23.5. The van der Waals surface area contributed by atoms with E-state index in [1.165, 1.54) is 0 Å². The molecule has 9 nitrogen and oxygen atoms in total. The highest BCUT2D eigenvalue weighted by Crippen LogP contribution is 2.55. The molecule has 2 bridgehead atoms. The van der Waals surface area contributed by atoms with E-state index in [4.69, 9.17) is 25.8 Å². The van der Waals surface area contributed by atoms with Gasteiger partial charge in [0.15, 0.2) is 11.5 Å². The number of rotatable bonds is 6. The van der Waals surface area contributed by atoms with Crippen LogP contribution in [0.15, 0.2) is 54.6 Å². The third kappa shape index (κ3) is 4.36. The summed E-state index contributed by atoms with van der Waals surface area (Å²) in [5, 5.41) is 6.77. The van der Waals surface area contributed by atoms with E-state index in [2.05, 4.69) is 24.5 Å². The molecule has 3 amide bonds. The number of anilines is 1. The molecule has 0 radical (unpaired) electrons. The average Bonchev–Trinajstić information content (AvgIpc) is 3.73. The van der Waals surface area contributed by atoms with E-state index in [9.17, 15) is 14.4 Å². The highest BCUT2D eigenvalue weighted by molar-refractivity contribution is 6.30. The molecule has 2 N–H and O–H groups in total. The van der Waals surface area contributed by atoms with Crippen LogP contribution in [0, 0.1) is 23.7 Å². The molecule has 7 rings (SSSR count). The fraction of sp³-hybridized carbons (Fsp3) is 0.469. The summed E-state index contributed by atoms with van der Waals surface area (Å²) in [6.07, 6.45) is 6.12. The van der Waals surface area contributed by atoms with Gasteiger partial charge in [-0.15, -0.1) is 0 Å². The van der Waals surface area contributed by atoms with E-state index in [1.807, 2.05) is 30.4 Å². The van der Waals surface area contributed by atoms with Crippen LogP contribution in [0.4, 0.5) is 5.69 Å². The summed E-state index contributed by atoms with van der Waals surface area (Å²) in [6.45, 7) is 4.70. The molecular weight excluding hydrogens is 558 g/mol. The molecule has 2 aromatic carbocycles. The van der Waals surface area contributed by atoms with Crippen molar-refractivity contribution in [2.75, 3.05) is 12.1 Å². The molecule has 1 spiro atoms. The molecule has 10 heteroatoms. The average molecular weight is 592 g/mol. The Labute approximate surface area is 249 Å². The Kier molecular flexibility index (Phi) is 6.70.